The lowest BCUT2D eigenvalue weighted by Gasteiger charge is -2.07. The molecule has 0 aliphatic rings. The highest BCUT2D eigenvalue weighted by Crippen LogP contribution is 2.32. The Bertz CT molecular complexity index is 973. The van der Waals surface area contributed by atoms with E-state index in [1.807, 2.05) is 12.1 Å². The maximum absolute atomic E-state index is 5.94. The number of hydrogen-bond donors (Lipinski definition) is 0. The van der Waals surface area contributed by atoms with Gasteiger partial charge in [0.25, 0.3) is 0 Å². The van der Waals surface area contributed by atoms with Gasteiger partial charge in [-0.1, -0.05) is 42.4 Å². The van der Waals surface area contributed by atoms with Crippen LogP contribution in [-0.4, -0.2) is 14.6 Å². The minimum absolute atomic E-state index is 0.764. The standard InChI is InChI=1S/C17H14ClN3S2/c1-2-16-19-20-17(23-10-11-3-5-12(18)6-4-11)14-9-15-13(21(14)16)7-8-22-15/h3-9H,2,10H2,1H3. The molecule has 0 saturated heterocycles. The van der Waals surface area contributed by atoms with Crippen LogP contribution in [0.2, 0.25) is 5.02 Å². The summed E-state index contributed by atoms with van der Waals surface area (Å²) in [4.78, 5) is 0. The van der Waals surface area contributed by atoms with Gasteiger partial charge in [0.2, 0.25) is 0 Å². The molecule has 0 N–H and O–H groups in total. The van der Waals surface area contributed by atoms with Crippen molar-refractivity contribution < 1.29 is 0 Å². The molecule has 0 amide bonds. The second-order valence-corrected chi connectivity index (χ2v) is 7.57. The van der Waals surface area contributed by atoms with E-state index in [4.69, 9.17) is 11.6 Å². The minimum atomic E-state index is 0.764. The fourth-order valence-corrected chi connectivity index (χ4v) is 4.45. The van der Waals surface area contributed by atoms with Crippen LogP contribution >= 0.6 is 34.7 Å². The van der Waals surface area contributed by atoms with Crippen LogP contribution in [0.4, 0.5) is 0 Å². The van der Waals surface area contributed by atoms with Gasteiger partial charge in [-0.25, -0.2) is 0 Å². The van der Waals surface area contributed by atoms with Gasteiger partial charge in [-0.2, -0.15) is 0 Å². The number of thioether (sulfide) groups is 1. The number of benzene rings is 1. The van der Waals surface area contributed by atoms with E-state index in [0.717, 1.165) is 33.6 Å². The van der Waals surface area contributed by atoms with Gasteiger partial charge in [0, 0.05) is 17.2 Å². The van der Waals surface area contributed by atoms with Crippen LogP contribution in [-0.2, 0) is 12.2 Å². The molecule has 4 aromatic rings. The van der Waals surface area contributed by atoms with Crippen LogP contribution < -0.4 is 0 Å². The summed E-state index contributed by atoms with van der Waals surface area (Å²) in [6.07, 6.45) is 0.866. The third-order valence-corrected chi connectivity index (χ3v) is 5.91. The lowest BCUT2D eigenvalue weighted by atomic mass is 10.2. The van der Waals surface area contributed by atoms with E-state index in [0.29, 0.717) is 0 Å². The van der Waals surface area contributed by atoms with Crippen LogP contribution in [0.3, 0.4) is 0 Å². The fourth-order valence-electron chi connectivity index (χ4n) is 2.62. The van der Waals surface area contributed by atoms with Crippen LogP contribution in [0.1, 0.15) is 18.3 Å². The molecule has 3 aromatic heterocycles. The Balaban J connectivity index is 1.73. The number of thiophene rings is 1. The minimum Gasteiger partial charge on any atom is -0.293 e. The Kier molecular flexibility index (Phi) is 4.01. The Hall–Kier alpha value is -1.56. The van der Waals surface area contributed by atoms with Gasteiger partial charge in [-0.05, 0) is 35.2 Å². The number of aryl methyl sites for hydroxylation is 1. The Labute approximate surface area is 147 Å². The Morgan fingerprint density at radius 1 is 1.13 bits per heavy atom. The second-order valence-electron chi connectivity index (χ2n) is 5.23. The summed E-state index contributed by atoms with van der Waals surface area (Å²) in [5, 5.41) is 12.7. The van der Waals surface area contributed by atoms with Gasteiger partial charge in [-0.15, -0.1) is 21.5 Å². The van der Waals surface area contributed by atoms with Crippen LogP contribution in [0.25, 0.3) is 15.7 Å². The lowest BCUT2D eigenvalue weighted by molar-refractivity contribution is 0.793. The highest BCUT2D eigenvalue weighted by atomic mass is 35.5. The summed E-state index contributed by atoms with van der Waals surface area (Å²) in [5.74, 6) is 1.86. The molecule has 23 heavy (non-hydrogen) atoms. The molecule has 116 valence electrons. The molecule has 0 unspecified atom stereocenters. The first kappa shape index (κ1) is 15.0. The zero-order chi connectivity index (χ0) is 15.8. The zero-order valence-electron chi connectivity index (χ0n) is 12.5. The molecule has 3 nitrogen and oxygen atoms in total. The normalized spacial score (nSPS) is 11.6. The summed E-state index contributed by atoms with van der Waals surface area (Å²) in [6, 6.07) is 12.3. The number of hydrogen-bond acceptors (Lipinski definition) is 4. The first-order valence-electron chi connectivity index (χ1n) is 7.37. The molecular weight excluding hydrogens is 346 g/mol. The van der Waals surface area contributed by atoms with E-state index in [1.165, 1.54) is 15.8 Å². The number of aromatic nitrogens is 3. The number of fused-ring (bicyclic) bond motifs is 3. The summed E-state index contributed by atoms with van der Waals surface area (Å²) >= 11 is 9.41. The van der Waals surface area contributed by atoms with Gasteiger partial charge in [0.15, 0.2) is 0 Å². The molecule has 3 heterocycles. The molecule has 0 radical (unpaired) electrons. The average molecular weight is 360 g/mol. The molecule has 0 saturated carbocycles. The topological polar surface area (TPSA) is 30.2 Å². The zero-order valence-corrected chi connectivity index (χ0v) is 14.9. The molecule has 0 fully saturated rings. The van der Waals surface area contributed by atoms with Gasteiger partial charge < -0.3 is 0 Å². The highest BCUT2D eigenvalue weighted by Gasteiger charge is 2.13. The van der Waals surface area contributed by atoms with Crippen molar-refractivity contribution in [2.24, 2.45) is 0 Å². The van der Waals surface area contributed by atoms with E-state index in [1.54, 1.807) is 23.1 Å². The first-order valence-corrected chi connectivity index (χ1v) is 9.62. The third-order valence-electron chi connectivity index (χ3n) is 3.76. The predicted octanol–water partition coefficient (Wildman–Crippen LogP) is 5.45. The molecule has 0 bridgehead atoms. The summed E-state index contributed by atoms with van der Waals surface area (Å²) in [6.45, 7) is 2.11. The molecule has 0 aliphatic carbocycles. The van der Waals surface area contributed by atoms with Crippen molar-refractivity contribution in [3.63, 3.8) is 0 Å². The van der Waals surface area contributed by atoms with Gasteiger partial charge in [-0.3, -0.25) is 4.40 Å². The van der Waals surface area contributed by atoms with E-state index >= 15 is 0 Å². The van der Waals surface area contributed by atoms with Gasteiger partial charge in [0.05, 0.1) is 15.7 Å². The van der Waals surface area contributed by atoms with Crippen molar-refractivity contribution in [2.75, 3.05) is 0 Å². The summed E-state index contributed by atoms with van der Waals surface area (Å²) in [7, 11) is 0. The number of halogens is 1. The van der Waals surface area contributed by atoms with E-state index in [-0.39, 0.29) is 0 Å². The molecule has 6 heteroatoms. The van der Waals surface area contributed by atoms with E-state index in [2.05, 4.69) is 51.2 Å². The monoisotopic (exact) mass is 359 g/mol. The first-order chi connectivity index (χ1) is 11.3. The molecule has 0 aliphatic heterocycles. The molecule has 4 rings (SSSR count). The van der Waals surface area contributed by atoms with Crippen LogP contribution in [0.5, 0.6) is 0 Å². The second kappa shape index (κ2) is 6.15. The third kappa shape index (κ3) is 2.73. The quantitative estimate of drug-likeness (QED) is 0.454. The fraction of sp³-hybridized carbons (Fsp3) is 0.176. The Morgan fingerprint density at radius 2 is 1.96 bits per heavy atom. The Morgan fingerprint density at radius 3 is 2.74 bits per heavy atom. The summed E-state index contributed by atoms with van der Waals surface area (Å²) in [5.41, 5.74) is 3.61. The molecule has 0 spiro atoms. The maximum atomic E-state index is 5.94. The van der Waals surface area contributed by atoms with Crippen LogP contribution in [0.15, 0.2) is 46.8 Å². The van der Waals surface area contributed by atoms with Crippen molar-refractivity contribution in [1.82, 2.24) is 14.6 Å². The molecule has 0 atom stereocenters. The van der Waals surface area contributed by atoms with Crippen molar-refractivity contribution in [2.45, 2.75) is 24.1 Å². The number of nitrogens with zero attached hydrogens (tertiary/aromatic N) is 3. The van der Waals surface area contributed by atoms with Crippen molar-refractivity contribution in [1.29, 1.82) is 0 Å². The lowest BCUT2D eigenvalue weighted by Crippen LogP contribution is -2.03. The average Bonchev–Trinajstić information content (AvgIpc) is 3.15. The van der Waals surface area contributed by atoms with Crippen LogP contribution in [0, 0.1) is 0 Å². The number of rotatable bonds is 4. The smallest absolute Gasteiger partial charge is 0.143 e. The highest BCUT2D eigenvalue weighted by molar-refractivity contribution is 7.98. The van der Waals surface area contributed by atoms with E-state index < -0.39 is 0 Å². The molecule has 1 aromatic carbocycles. The van der Waals surface area contributed by atoms with Crippen molar-refractivity contribution in [3.05, 3.63) is 58.2 Å². The predicted molar refractivity (Wildman–Crippen MR) is 98.8 cm³/mol. The van der Waals surface area contributed by atoms with Gasteiger partial charge in [0.1, 0.15) is 10.9 Å². The SMILES string of the molecule is CCc1nnc(SCc2ccc(Cl)cc2)c2cc3sccc3n12. The van der Waals surface area contributed by atoms with E-state index in [9.17, 15) is 0 Å². The maximum Gasteiger partial charge on any atom is 0.143 e. The van der Waals surface area contributed by atoms with Crippen molar-refractivity contribution >= 4 is 50.4 Å². The largest absolute Gasteiger partial charge is 0.293 e. The summed E-state index contributed by atoms with van der Waals surface area (Å²) < 4.78 is 3.52. The van der Waals surface area contributed by atoms with Crippen molar-refractivity contribution in [3.8, 4) is 0 Å². The molecular formula is C17H14ClN3S2. The van der Waals surface area contributed by atoms with Gasteiger partial charge >= 0.3 is 0 Å².